The summed E-state index contributed by atoms with van der Waals surface area (Å²) in [5, 5.41) is 14.2. The van der Waals surface area contributed by atoms with Crippen LogP contribution in [0.1, 0.15) is 32.1 Å². The maximum atomic E-state index is 12.0. The highest BCUT2D eigenvalue weighted by molar-refractivity contribution is 5.85. The molecule has 1 saturated heterocycles. The van der Waals surface area contributed by atoms with Crippen molar-refractivity contribution in [3.8, 4) is 6.19 Å². The molecule has 0 aromatic carbocycles. The van der Waals surface area contributed by atoms with Gasteiger partial charge in [-0.2, -0.15) is 5.26 Å². The first kappa shape index (κ1) is 19.5. The molecule has 7 nitrogen and oxygen atoms in total. The number of nitrogens with two attached hydrogens (primary N) is 1. The van der Waals surface area contributed by atoms with Crippen LogP contribution in [0.4, 0.5) is 0 Å². The number of nitriles is 1. The first-order valence-electron chi connectivity index (χ1n) is 7.11. The smallest absolute Gasteiger partial charge is 0.239 e. The zero-order chi connectivity index (χ0) is 14.8. The molecule has 1 heterocycles. The minimum atomic E-state index is -0.385. The SMILES string of the molecule is CN/C(=N/C#N)NCCCC[C@H](N)C(=O)N1CCCC1.Cl. The van der Waals surface area contributed by atoms with Crippen LogP contribution < -0.4 is 16.4 Å². The molecule has 1 rings (SSSR count). The number of aliphatic imine (C=N–C) groups is 1. The van der Waals surface area contributed by atoms with Gasteiger partial charge in [0, 0.05) is 26.7 Å². The third kappa shape index (κ3) is 7.16. The van der Waals surface area contributed by atoms with Gasteiger partial charge in [0.25, 0.3) is 0 Å². The van der Waals surface area contributed by atoms with Crippen molar-refractivity contribution in [3.05, 3.63) is 0 Å². The van der Waals surface area contributed by atoms with Crippen LogP contribution in [-0.2, 0) is 4.79 Å². The Labute approximate surface area is 132 Å². The van der Waals surface area contributed by atoms with Crippen molar-refractivity contribution < 1.29 is 4.79 Å². The van der Waals surface area contributed by atoms with Gasteiger partial charge in [-0.15, -0.1) is 17.4 Å². The molecule has 1 fully saturated rings. The minimum Gasteiger partial charge on any atom is -0.359 e. The van der Waals surface area contributed by atoms with Crippen molar-refractivity contribution in [3.63, 3.8) is 0 Å². The average molecular weight is 317 g/mol. The van der Waals surface area contributed by atoms with Crippen LogP contribution in [-0.4, -0.2) is 49.5 Å². The van der Waals surface area contributed by atoms with Crippen LogP contribution in [0.25, 0.3) is 0 Å². The molecule has 120 valence electrons. The van der Waals surface area contributed by atoms with Gasteiger partial charge in [-0.1, -0.05) is 0 Å². The van der Waals surface area contributed by atoms with Gasteiger partial charge in [0.1, 0.15) is 0 Å². The Bertz CT molecular complexity index is 375. The normalized spacial score (nSPS) is 15.9. The number of carbonyl (C=O) groups excluding carboxylic acids is 1. The second-order valence-corrected chi connectivity index (χ2v) is 4.87. The van der Waals surface area contributed by atoms with E-state index in [1.54, 1.807) is 13.2 Å². The van der Waals surface area contributed by atoms with E-state index in [0.717, 1.165) is 38.8 Å². The number of nitrogens with one attached hydrogen (secondary N) is 2. The van der Waals surface area contributed by atoms with Gasteiger partial charge in [-0.3, -0.25) is 4.79 Å². The number of hydrogen-bond acceptors (Lipinski definition) is 4. The summed E-state index contributed by atoms with van der Waals surface area (Å²) in [6.07, 6.45) is 6.35. The van der Waals surface area contributed by atoms with Gasteiger partial charge < -0.3 is 21.3 Å². The summed E-state index contributed by atoms with van der Waals surface area (Å²) in [6, 6.07) is -0.385. The highest BCUT2D eigenvalue weighted by Crippen LogP contribution is 2.10. The summed E-state index contributed by atoms with van der Waals surface area (Å²) < 4.78 is 0. The van der Waals surface area contributed by atoms with Gasteiger partial charge in [-0.25, -0.2) is 0 Å². The highest BCUT2D eigenvalue weighted by Gasteiger charge is 2.22. The van der Waals surface area contributed by atoms with Crippen molar-refractivity contribution in [2.24, 2.45) is 10.7 Å². The Morgan fingerprint density at radius 1 is 1.43 bits per heavy atom. The lowest BCUT2D eigenvalue weighted by atomic mass is 10.1. The van der Waals surface area contributed by atoms with E-state index in [2.05, 4.69) is 15.6 Å². The molecule has 1 aliphatic heterocycles. The summed E-state index contributed by atoms with van der Waals surface area (Å²) in [6.45, 7) is 2.40. The summed E-state index contributed by atoms with van der Waals surface area (Å²) in [5.74, 6) is 0.544. The van der Waals surface area contributed by atoms with E-state index in [1.807, 2.05) is 4.90 Å². The molecule has 0 unspecified atom stereocenters. The number of amides is 1. The molecule has 8 heteroatoms. The zero-order valence-corrected chi connectivity index (χ0v) is 13.3. The second kappa shape index (κ2) is 11.2. The third-order valence-electron chi connectivity index (χ3n) is 3.37. The quantitative estimate of drug-likeness (QED) is 0.280. The molecule has 0 saturated carbocycles. The van der Waals surface area contributed by atoms with E-state index in [0.29, 0.717) is 18.9 Å². The van der Waals surface area contributed by atoms with Crippen molar-refractivity contribution in [1.82, 2.24) is 15.5 Å². The van der Waals surface area contributed by atoms with E-state index < -0.39 is 0 Å². The van der Waals surface area contributed by atoms with Gasteiger partial charge >= 0.3 is 0 Å². The molecule has 1 amide bonds. The Hall–Kier alpha value is -1.52. The molecule has 0 radical (unpaired) electrons. The largest absolute Gasteiger partial charge is 0.359 e. The van der Waals surface area contributed by atoms with Crippen LogP contribution >= 0.6 is 12.4 Å². The molecule has 4 N–H and O–H groups in total. The topological polar surface area (TPSA) is 107 Å². The monoisotopic (exact) mass is 316 g/mol. The lowest BCUT2D eigenvalue weighted by Gasteiger charge is -2.20. The van der Waals surface area contributed by atoms with Gasteiger partial charge in [0.15, 0.2) is 0 Å². The molecule has 21 heavy (non-hydrogen) atoms. The second-order valence-electron chi connectivity index (χ2n) is 4.87. The maximum Gasteiger partial charge on any atom is 0.239 e. The number of nitrogens with zero attached hydrogens (tertiary/aromatic N) is 3. The number of rotatable bonds is 6. The Kier molecular flexibility index (Phi) is 10.4. The molecule has 0 aromatic heterocycles. The van der Waals surface area contributed by atoms with Crippen molar-refractivity contribution >= 4 is 24.3 Å². The van der Waals surface area contributed by atoms with E-state index in [4.69, 9.17) is 11.0 Å². The maximum absolute atomic E-state index is 12.0. The number of likely N-dealkylation sites (tertiary alicyclic amines) is 1. The van der Waals surface area contributed by atoms with Crippen LogP contribution in [0.3, 0.4) is 0 Å². The molecule has 1 atom stereocenters. The lowest BCUT2D eigenvalue weighted by Crippen LogP contribution is -2.42. The Balaban J connectivity index is 0.00000400. The summed E-state index contributed by atoms with van der Waals surface area (Å²) in [4.78, 5) is 17.4. The van der Waals surface area contributed by atoms with Crippen molar-refractivity contribution in [1.29, 1.82) is 5.26 Å². The number of carbonyl (C=O) groups is 1. The fraction of sp³-hybridized carbons (Fsp3) is 0.769. The van der Waals surface area contributed by atoms with Crippen LogP contribution in [0.5, 0.6) is 0 Å². The van der Waals surface area contributed by atoms with Crippen LogP contribution in [0, 0.1) is 11.5 Å². The van der Waals surface area contributed by atoms with E-state index in [1.165, 1.54) is 0 Å². The van der Waals surface area contributed by atoms with Crippen LogP contribution in [0.2, 0.25) is 0 Å². The molecule has 0 bridgehead atoms. The number of hydrogen-bond donors (Lipinski definition) is 3. The van der Waals surface area contributed by atoms with E-state index in [9.17, 15) is 4.79 Å². The number of halogens is 1. The average Bonchev–Trinajstić information content (AvgIpc) is 2.98. The van der Waals surface area contributed by atoms with Crippen LogP contribution in [0.15, 0.2) is 4.99 Å². The first-order chi connectivity index (χ1) is 9.69. The van der Waals surface area contributed by atoms with E-state index in [-0.39, 0.29) is 24.4 Å². The predicted molar refractivity (Wildman–Crippen MR) is 85.0 cm³/mol. The molecule has 1 aliphatic rings. The third-order valence-corrected chi connectivity index (χ3v) is 3.37. The van der Waals surface area contributed by atoms with Crippen molar-refractivity contribution in [2.75, 3.05) is 26.7 Å². The fourth-order valence-electron chi connectivity index (χ4n) is 2.23. The van der Waals surface area contributed by atoms with Gasteiger partial charge in [0.05, 0.1) is 6.04 Å². The number of guanidine groups is 1. The molecular weight excluding hydrogens is 292 g/mol. The lowest BCUT2D eigenvalue weighted by molar-refractivity contribution is -0.131. The molecule has 0 aliphatic carbocycles. The molecular formula is C13H25ClN6O. The fourth-order valence-corrected chi connectivity index (χ4v) is 2.23. The van der Waals surface area contributed by atoms with E-state index >= 15 is 0 Å². The zero-order valence-electron chi connectivity index (χ0n) is 12.5. The van der Waals surface area contributed by atoms with Crippen molar-refractivity contribution in [2.45, 2.75) is 38.1 Å². The van der Waals surface area contributed by atoms with Gasteiger partial charge in [0.2, 0.25) is 18.1 Å². The Morgan fingerprint density at radius 2 is 2.10 bits per heavy atom. The predicted octanol–water partition coefficient (Wildman–Crippen LogP) is 0.174. The van der Waals surface area contributed by atoms with Gasteiger partial charge in [-0.05, 0) is 32.1 Å². The Morgan fingerprint density at radius 3 is 2.67 bits per heavy atom. The molecule has 0 aromatic rings. The summed E-state index contributed by atoms with van der Waals surface area (Å²) in [5.41, 5.74) is 5.92. The standard InChI is InChI=1S/C13H24N6O.ClH/c1-16-13(18-10-14)17-7-3-2-6-11(15)12(20)19-8-4-5-9-19;/h11H,2-9,15H2,1H3,(H2,16,17,18);1H/t11-;/m0./s1. The minimum absolute atomic E-state index is 0. The summed E-state index contributed by atoms with van der Waals surface area (Å²) >= 11 is 0. The molecule has 0 spiro atoms. The first-order valence-corrected chi connectivity index (χ1v) is 7.11. The summed E-state index contributed by atoms with van der Waals surface area (Å²) in [7, 11) is 1.70. The highest BCUT2D eigenvalue weighted by atomic mass is 35.5. The number of unbranched alkanes of at least 4 members (excludes halogenated alkanes) is 1.